The molecular weight excluding hydrogens is 279 g/mol. The molecular formula is C10H13IO2. The Bertz CT molecular complexity index is 252. The molecule has 0 aromatic rings. The average molecular weight is 292 g/mol. The summed E-state index contributed by atoms with van der Waals surface area (Å²) in [6, 6.07) is 0. The lowest BCUT2D eigenvalue weighted by Gasteiger charge is -2.36. The van der Waals surface area contributed by atoms with Gasteiger partial charge in [-0.2, -0.15) is 0 Å². The Labute approximate surface area is 91.9 Å². The van der Waals surface area contributed by atoms with Crippen molar-refractivity contribution in [2.45, 2.75) is 32.1 Å². The number of cyclic esters (lactones) is 1. The van der Waals surface area contributed by atoms with E-state index in [2.05, 4.69) is 28.7 Å². The summed E-state index contributed by atoms with van der Waals surface area (Å²) in [4.78, 5) is 11.1. The lowest BCUT2D eigenvalue weighted by molar-refractivity contribution is -0.143. The number of carbonyl (C=O) groups excluding carboxylic acids is 1. The smallest absolute Gasteiger partial charge is 0.344 e. The van der Waals surface area contributed by atoms with E-state index in [0.29, 0.717) is 6.61 Å². The highest BCUT2D eigenvalue weighted by Crippen LogP contribution is 2.41. The fourth-order valence-electron chi connectivity index (χ4n) is 2.19. The zero-order valence-electron chi connectivity index (χ0n) is 7.51. The van der Waals surface area contributed by atoms with Gasteiger partial charge in [0.05, 0.1) is 3.58 Å². The van der Waals surface area contributed by atoms with E-state index < -0.39 is 0 Å². The summed E-state index contributed by atoms with van der Waals surface area (Å²) in [5.74, 6) is -0.142. The summed E-state index contributed by atoms with van der Waals surface area (Å²) in [5, 5.41) is 0. The topological polar surface area (TPSA) is 26.3 Å². The van der Waals surface area contributed by atoms with Gasteiger partial charge >= 0.3 is 5.97 Å². The Hall–Kier alpha value is -0.0600. The summed E-state index contributed by atoms with van der Waals surface area (Å²) < 4.78 is 5.94. The Balaban J connectivity index is 2.19. The molecule has 1 fully saturated rings. The fraction of sp³-hybridized carbons (Fsp3) is 0.700. The fourth-order valence-corrected chi connectivity index (χ4v) is 3.01. The summed E-state index contributed by atoms with van der Waals surface area (Å²) in [6.07, 6.45) is 8.40. The quantitative estimate of drug-likeness (QED) is 0.507. The van der Waals surface area contributed by atoms with Crippen molar-refractivity contribution in [1.82, 2.24) is 0 Å². The molecule has 3 heteroatoms. The van der Waals surface area contributed by atoms with Crippen LogP contribution in [0.1, 0.15) is 32.1 Å². The predicted octanol–water partition coefficient (Wildman–Crippen LogP) is 2.81. The van der Waals surface area contributed by atoms with Gasteiger partial charge in [-0.3, -0.25) is 0 Å². The summed E-state index contributed by atoms with van der Waals surface area (Å²) in [7, 11) is 0. The minimum absolute atomic E-state index is 0.142. The molecule has 72 valence electrons. The summed E-state index contributed by atoms with van der Waals surface area (Å²) >= 11 is 2.08. The number of halogens is 1. The molecule has 0 aromatic carbocycles. The molecule has 1 aliphatic heterocycles. The third kappa shape index (κ3) is 1.90. The number of hydrogen-bond acceptors (Lipinski definition) is 2. The molecule has 2 rings (SSSR count). The summed E-state index contributed by atoms with van der Waals surface area (Å²) in [5.41, 5.74) is 0.197. The highest BCUT2D eigenvalue weighted by atomic mass is 127. The minimum atomic E-state index is -0.142. The van der Waals surface area contributed by atoms with E-state index in [1.807, 2.05) is 0 Å². The van der Waals surface area contributed by atoms with Gasteiger partial charge in [0, 0.05) is 5.41 Å². The zero-order chi connectivity index (χ0) is 9.31. The van der Waals surface area contributed by atoms with Crippen LogP contribution in [0.4, 0.5) is 0 Å². The molecule has 0 radical (unpaired) electrons. The number of ether oxygens (including phenoxy) is 1. The Morgan fingerprint density at radius 3 is 2.62 bits per heavy atom. The van der Waals surface area contributed by atoms with Gasteiger partial charge in [0.25, 0.3) is 0 Å². The average Bonchev–Trinajstić information content (AvgIpc) is 2.14. The maximum absolute atomic E-state index is 11.1. The first-order chi connectivity index (χ1) is 6.22. The van der Waals surface area contributed by atoms with Crippen LogP contribution in [-0.2, 0) is 9.53 Å². The molecule has 0 unspecified atom stereocenters. The molecule has 0 amide bonds. The van der Waals surface area contributed by atoms with Crippen LogP contribution in [0, 0.1) is 5.41 Å². The van der Waals surface area contributed by atoms with Crippen molar-refractivity contribution in [3.8, 4) is 0 Å². The second kappa shape index (κ2) is 3.59. The lowest BCUT2D eigenvalue weighted by Crippen LogP contribution is -2.33. The van der Waals surface area contributed by atoms with Crippen LogP contribution in [0.5, 0.6) is 0 Å². The first kappa shape index (κ1) is 9.49. The number of rotatable bonds is 0. The Morgan fingerprint density at radius 2 is 2.00 bits per heavy atom. The molecule has 0 aromatic heterocycles. The van der Waals surface area contributed by atoms with Crippen LogP contribution in [0.15, 0.2) is 9.66 Å². The first-order valence-electron chi connectivity index (χ1n) is 4.77. The largest absolute Gasteiger partial charge is 0.461 e. The molecule has 0 N–H and O–H groups in total. The number of esters is 1. The molecule has 0 bridgehead atoms. The normalized spacial score (nSPS) is 26.8. The molecule has 1 saturated carbocycles. The Kier molecular flexibility index (Phi) is 2.62. The van der Waals surface area contributed by atoms with Crippen LogP contribution >= 0.6 is 22.6 Å². The van der Waals surface area contributed by atoms with E-state index in [0.717, 1.165) is 3.58 Å². The maximum atomic E-state index is 11.1. The monoisotopic (exact) mass is 292 g/mol. The predicted molar refractivity (Wildman–Crippen MR) is 58.6 cm³/mol. The molecule has 1 spiro atoms. The molecule has 2 aliphatic rings. The summed E-state index contributed by atoms with van der Waals surface area (Å²) in [6.45, 7) is 0.609. The van der Waals surface area contributed by atoms with Gasteiger partial charge in [-0.15, -0.1) is 0 Å². The van der Waals surface area contributed by atoms with Crippen molar-refractivity contribution in [2.75, 3.05) is 6.61 Å². The van der Waals surface area contributed by atoms with Crippen LogP contribution in [0.2, 0.25) is 0 Å². The van der Waals surface area contributed by atoms with Crippen molar-refractivity contribution in [1.29, 1.82) is 0 Å². The van der Waals surface area contributed by atoms with E-state index in [4.69, 9.17) is 4.74 Å². The van der Waals surface area contributed by atoms with E-state index in [9.17, 15) is 4.79 Å². The Morgan fingerprint density at radius 1 is 1.31 bits per heavy atom. The standard InChI is InChI=1S/C10H13IO2/c11-8-6-10(7-13-9(8)12)4-2-1-3-5-10/h6H,1-5,7H2. The molecule has 2 nitrogen and oxygen atoms in total. The molecule has 1 aliphatic carbocycles. The molecule has 0 atom stereocenters. The first-order valence-corrected chi connectivity index (χ1v) is 5.85. The number of hydrogen-bond donors (Lipinski definition) is 0. The van der Waals surface area contributed by atoms with Gasteiger partial charge in [-0.05, 0) is 35.4 Å². The highest BCUT2D eigenvalue weighted by Gasteiger charge is 2.35. The third-order valence-corrected chi connectivity index (χ3v) is 3.72. The van der Waals surface area contributed by atoms with Crippen molar-refractivity contribution >= 4 is 28.6 Å². The van der Waals surface area contributed by atoms with Crippen LogP contribution in [0.25, 0.3) is 0 Å². The van der Waals surface area contributed by atoms with E-state index in [1.54, 1.807) is 0 Å². The SMILES string of the molecule is O=C1OCC2(C=C1I)CCCCC2. The van der Waals surface area contributed by atoms with Gasteiger partial charge in [0.2, 0.25) is 0 Å². The third-order valence-electron chi connectivity index (χ3n) is 2.97. The van der Waals surface area contributed by atoms with Crippen LogP contribution in [0.3, 0.4) is 0 Å². The maximum Gasteiger partial charge on any atom is 0.344 e. The lowest BCUT2D eigenvalue weighted by atomic mass is 9.74. The van der Waals surface area contributed by atoms with E-state index in [1.165, 1.54) is 32.1 Å². The zero-order valence-corrected chi connectivity index (χ0v) is 9.67. The van der Waals surface area contributed by atoms with Gasteiger partial charge in [0.1, 0.15) is 6.61 Å². The molecule has 0 saturated heterocycles. The van der Waals surface area contributed by atoms with Crippen molar-refractivity contribution < 1.29 is 9.53 Å². The minimum Gasteiger partial charge on any atom is -0.461 e. The van der Waals surface area contributed by atoms with Gasteiger partial charge in [-0.25, -0.2) is 4.79 Å². The second-order valence-electron chi connectivity index (χ2n) is 3.99. The van der Waals surface area contributed by atoms with Gasteiger partial charge in [-0.1, -0.05) is 25.3 Å². The van der Waals surface area contributed by atoms with Crippen molar-refractivity contribution in [3.63, 3.8) is 0 Å². The van der Waals surface area contributed by atoms with Crippen molar-refractivity contribution in [3.05, 3.63) is 9.66 Å². The van der Waals surface area contributed by atoms with Crippen molar-refractivity contribution in [2.24, 2.45) is 5.41 Å². The van der Waals surface area contributed by atoms with Gasteiger partial charge < -0.3 is 4.74 Å². The van der Waals surface area contributed by atoms with Gasteiger partial charge in [0.15, 0.2) is 0 Å². The van der Waals surface area contributed by atoms with E-state index in [-0.39, 0.29) is 11.4 Å². The van der Waals surface area contributed by atoms with E-state index >= 15 is 0 Å². The second-order valence-corrected chi connectivity index (χ2v) is 5.15. The highest BCUT2D eigenvalue weighted by molar-refractivity contribution is 14.1. The van der Waals surface area contributed by atoms with Crippen LogP contribution in [-0.4, -0.2) is 12.6 Å². The van der Waals surface area contributed by atoms with Crippen LogP contribution < -0.4 is 0 Å². The molecule has 1 heterocycles. The molecule has 13 heavy (non-hydrogen) atoms. The number of carbonyl (C=O) groups is 1.